The molecule has 0 aromatic carbocycles. The van der Waals surface area contributed by atoms with E-state index in [1.807, 2.05) is 12.1 Å². The van der Waals surface area contributed by atoms with Crippen molar-refractivity contribution in [3.05, 3.63) is 29.1 Å². The van der Waals surface area contributed by atoms with E-state index in [4.69, 9.17) is 0 Å². The SMILES string of the molecule is CC(C)(C)c1ccc(C=O)c(C#CS(C)(C)C)n1. The second-order valence-corrected chi connectivity index (χ2v) is 9.94. The van der Waals surface area contributed by atoms with Crippen LogP contribution in [0.4, 0.5) is 0 Å². The maximum absolute atomic E-state index is 11.0. The molecule has 0 saturated heterocycles. The molecule has 0 amide bonds. The van der Waals surface area contributed by atoms with Crippen molar-refractivity contribution in [2.24, 2.45) is 0 Å². The van der Waals surface area contributed by atoms with E-state index in [1.54, 1.807) is 0 Å². The Morgan fingerprint density at radius 3 is 2.28 bits per heavy atom. The van der Waals surface area contributed by atoms with Crippen LogP contribution in [-0.4, -0.2) is 30.0 Å². The molecule has 3 heteroatoms. The van der Waals surface area contributed by atoms with Crippen LogP contribution in [0.5, 0.6) is 0 Å². The third kappa shape index (κ3) is 4.19. The minimum atomic E-state index is -0.913. The number of carbonyl (C=O) groups is 1. The topological polar surface area (TPSA) is 30.0 Å². The highest BCUT2D eigenvalue weighted by molar-refractivity contribution is 8.35. The molecule has 1 rings (SSSR count). The Labute approximate surface area is 112 Å². The zero-order valence-corrected chi connectivity index (χ0v) is 12.8. The summed E-state index contributed by atoms with van der Waals surface area (Å²) in [5, 5.41) is 3.20. The summed E-state index contributed by atoms with van der Waals surface area (Å²) in [6, 6.07) is 3.71. The second-order valence-electron chi connectivity index (χ2n) is 6.07. The molecule has 0 aliphatic carbocycles. The van der Waals surface area contributed by atoms with Gasteiger partial charge in [0, 0.05) is 16.7 Å². The van der Waals surface area contributed by atoms with Crippen LogP contribution in [0.15, 0.2) is 12.1 Å². The lowest BCUT2D eigenvalue weighted by Gasteiger charge is -2.18. The Morgan fingerprint density at radius 1 is 1.22 bits per heavy atom. The maximum Gasteiger partial charge on any atom is 0.152 e. The molecule has 0 aliphatic heterocycles. The molecule has 98 valence electrons. The molecule has 0 bridgehead atoms. The van der Waals surface area contributed by atoms with Crippen LogP contribution in [0, 0.1) is 11.2 Å². The van der Waals surface area contributed by atoms with E-state index in [1.165, 1.54) is 0 Å². The largest absolute Gasteiger partial charge is 0.298 e. The smallest absolute Gasteiger partial charge is 0.152 e. The van der Waals surface area contributed by atoms with Crippen molar-refractivity contribution < 1.29 is 4.79 Å². The van der Waals surface area contributed by atoms with Crippen molar-refractivity contribution in [1.82, 2.24) is 4.98 Å². The summed E-state index contributed by atoms with van der Waals surface area (Å²) in [5.74, 6) is 3.06. The van der Waals surface area contributed by atoms with Gasteiger partial charge in [-0.05, 0) is 42.1 Å². The van der Waals surface area contributed by atoms with Gasteiger partial charge in [-0.2, -0.15) is 10.0 Å². The van der Waals surface area contributed by atoms with E-state index >= 15 is 0 Å². The summed E-state index contributed by atoms with van der Waals surface area (Å²) in [4.78, 5) is 15.5. The summed E-state index contributed by atoms with van der Waals surface area (Å²) in [6.45, 7) is 6.30. The fraction of sp³-hybridized carbons (Fsp3) is 0.467. The first-order chi connectivity index (χ1) is 8.13. The zero-order chi connectivity index (χ0) is 14.0. The number of carbonyl (C=O) groups excluding carboxylic acids is 1. The minimum absolute atomic E-state index is 0.0353. The van der Waals surface area contributed by atoms with Crippen LogP contribution in [0.25, 0.3) is 0 Å². The lowest BCUT2D eigenvalue weighted by molar-refractivity contribution is 0.112. The molecule has 0 spiro atoms. The normalized spacial score (nSPS) is 12.6. The van der Waals surface area contributed by atoms with E-state index in [-0.39, 0.29) is 5.41 Å². The highest BCUT2D eigenvalue weighted by Crippen LogP contribution is 2.32. The molecule has 1 aromatic rings. The van der Waals surface area contributed by atoms with Gasteiger partial charge in [-0.3, -0.25) is 4.79 Å². The first-order valence-electron chi connectivity index (χ1n) is 5.81. The number of rotatable bonds is 1. The lowest BCUT2D eigenvalue weighted by Crippen LogP contribution is -2.14. The highest BCUT2D eigenvalue weighted by atomic mass is 32.3. The Bertz CT molecular complexity index is 510. The van der Waals surface area contributed by atoms with Crippen molar-refractivity contribution in [1.29, 1.82) is 0 Å². The number of aldehydes is 1. The summed E-state index contributed by atoms with van der Waals surface area (Å²) in [7, 11) is -0.913. The van der Waals surface area contributed by atoms with Crippen LogP contribution in [0.1, 0.15) is 42.5 Å². The molecule has 18 heavy (non-hydrogen) atoms. The van der Waals surface area contributed by atoms with Crippen molar-refractivity contribution in [3.8, 4) is 11.2 Å². The lowest BCUT2D eigenvalue weighted by atomic mass is 9.91. The summed E-state index contributed by atoms with van der Waals surface area (Å²) in [6.07, 6.45) is 7.18. The van der Waals surface area contributed by atoms with E-state index in [0.717, 1.165) is 12.0 Å². The van der Waals surface area contributed by atoms with E-state index < -0.39 is 10.0 Å². The summed E-state index contributed by atoms with van der Waals surface area (Å²) in [5.41, 5.74) is 2.09. The van der Waals surface area contributed by atoms with Gasteiger partial charge in [0.25, 0.3) is 0 Å². The van der Waals surface area contributed by atoms with Gasteiger partial charge in [0.2, 0.25) is 0 Å². The van der Waals surface area contributed by atoms with Gasteiger partial charge in [-0.25, -0.2) is 4.98 Å². The average Bonchev–Trinajstić information content (AvgIpc) is 2.23. The van der Waals surface area contributed by atoms with Gasteiger partial charge in [0.15, 0.2) is 6.29 Å². The molecule has 0 radical (unpaired) electrons. The number of hydrogen-bond acceptors (Lipinski definition) is 2. The Balaban J connectivity index is 3.31. The first kappa shape index (κ1) is 14.8. The van der Waals surface area contributed by atoms with Gasteiger partial charge in [-0.15, -0.1) is 0 Å². The molecule has 0 N–H and O–H groups in total. The third-order valence-electron chi connectivity index (χ3n) is 2.30. The molecular weight excluding hydrogens is 242 g/mol. The van der Waals surface area contributed by atoms with E-state index in [9.17, 15) is 4.79 Å². The molecule has 0 fully saturated rings. The van der Waals surface area contributed by atoms with Crippen LogP contribution >= 0.6 is 10.0 Å². The molecule has 0 unspecified atom stereocenters. The van der Waals surface area contributed by atoms with Gasteiger partial charge in [-0.1, -0.05) is 20.8 Å². The Morgan fingerprint density at radius 2 is 1.83 bits per heavy atom. The van der Waals surface area contributed by atoms with Gasteiger partial charge in [0.1, 0.15) is 5.69 Å². The molecule has 1 aromatic heterocycles. The number of nitrogens with zero attached hydrogens (tertiary/aromatic N) is 1. The fourth-order valence-electron chi connectivity index (χ4n) is 1.28. The summed E-state index contributed by atoms with van der Waals surface area (Å²) < 4.78 is 0. The molecule has 0 aliphatic rings. The Hall–Kier alpha value is -1.27. The first-order valence-corrected chi connectivity index (χ1v) is 8.67. The predicted molar refractivity (Wildman–Crippen MR) is 80.6 cm³/mol. The standard InChI is InChI=1S/C15H21NOS/c1-15(2,3)14-8-7-12(11-17)13(16-14)9-10-18(4,5)6/h7-8,11H,1-6H3. The number of aromatic nitrogens is 1. The maximum atomic E-state index is 11.0. The van der Waals surface area contributed by atoms with Crippen LogP contribution in [0.3, 0.4) is 0 Å². The highest BCUT2D eigenvalue weighted by Gasteiger charge is 2.16. The summed E-state index contributed by atoms with van der Waals surface area (Å²) >= 11 is 0. The molecule has 0 saturated carbocycles. The molecular formula is C15H21NOS. The fourth-order valence-corrected chi connectivity index (χ4v) is 1.69. The van der Waals surface area contributed by atoms with Gasteiger partial charge < -0.3 is 0 Å². The van der Waals surface area contributed by atoms with Crippen molar-refractivity contribution >= 4 is 16.3 Å². The van der Waals surface area contributed by atoms with Crippen LogP contribution < -0.4 is 0 Å². The van der Waals surface area contributed by atoms with E-state index in [2.05, 4.69) is 55.7 Å². The zero-order valence-electron chi connectivity index (χ0n) is 12.0. The monoisotopic (exact) mass is 263 g/mol. The third-order valence-corrected chi connectivity index (χ3v) is 3.01. The minimum Gasteiger partial charge on any atom is -0.298 e. The van der Waals surface area contributed by atoms with Crippen molar-refractivity contribution in [2.45, 2.75) is 26.2 Å². The predicted octanol–water partition coefficient (Wildman–Crippen LogP) is 3.19. The Kier molecular flexibility index (Phi) is 4.24. The number of hydrogen-bond donors (Lipinski definition) is 0. The second kappa shape index (κ2) is 5.16. The van der Waals surface area contributed by atoms with Crippen molar-refractivity contribution in [2.75, 3.05) is 18.8 Å². The number of pyridine rings is 1. The van der Waals surface area contributed by atoms with Gasteiger partial charge in [0.05, 0.1) is 0 Å². The average molecular weight is 263 g/mol. The van der Waals surface area contributed by atoms with Crippen LogP contribution in [0.2, 0.25) is 0 Å². The van der Waals surface area contributed by atoms with E-state index in [0.29, 0.717) is 11.3 Å². The molecule has 0 atom stereocenters. The van der Waals surface area contributed by atoms with Crippen molar-refractivity contribution in [3.63, 3.8) is 0 Å². The molecule has 2 nitrogen and oxygen atoms in total. The molecule has 1 heterocycles. The van der Waals surface area contributed by atoms with Crippen LogP contribution in [-0.2, 0) is 5.41 Å². The van der Waals surface area contributed by atoms with Gasteiger partial charge >= 0.3 is 0 Å². The quantitative estimate of drug-likeness (QED) is 0.575.